The fraction of sp³-hybridized carbons (Fsp3) is 0.167. The summed E-state index contributed by atoms with van der Waals surface area (Å²) in [5, 5.41) is 9.87. The van der Waals surface area contributed by atoms with Gasteiger partial charge in [-0.1, -0.05) is 18.2 Å². The highest BCUT2D eigenvalue weighted by molar-refractivity contribution is 6.01. The van der Waals surface area contributed by atoms with Crippen LogP contribution < -0.4 is 0 Å². The lowest BCUT2D eigenvalue weighted by atomic mass is 10.0. The summed E-state index contributed by atoms with van der Waals surface area (Å²) in [7, 11) is 0. The molecule has 1 aliphatic heterocycles. The van der Waals surface area contributed by atoms with Crippen LogP contribution in [-0.2, 0) is 6.54 Å². The van der Waals surface area contributed by atoms with E-state index < -0.39 is 0 Å². The third-order valence-corrected chi connectivity index (χ3v) is 7.25. The van der Waals surface area contributed by atoms with Crippen molar-refractivity contribution in [3.63, 3.8) is 0 Å². The van der Waals surface area contributed by atoms with Gasteiger partial charge in [0.1, 0.15) is 11.5 Å². The zero-order valence-electron chi connectivity index (χ0n) is 20.2. The molecule has 1 saturated heterocycles. The van der Waals surface area contributed by atoms with E-state index in [0.29, 0.717) is 0 Å². The molecule has 0 radical (unpaired) electrons. The van der Waals surface area contributed by atoms with Gasteiger partial charge in [0.15, 0.2) is 0 Å². The van der Waals surface area contributed by atoms with E-state index >= 15 is 0 Å². The largest absolute Gasteiger partial charge is 0.352 e. The number of hydrogen-bond acceptors (Lipinski definition) is 4. The molecule has 0 aliphatic carbocycles. The smallest absolute Gasteiger partial charge is 0.123 e. The van der Waals surface area contributed by atoms with Gasteiger partial charge in [0.05, 0.1) is 22.9 Å². The Kier molecular flexibility index (Phi) is 5.29. The van der Waals surface area contributed by atoms with Crippen LogP contribution in [0.3, 0.4) is 0 Å². The molecule has 7 heteroatoms. The van der Waals surface area contributed by atoms with Crippen molar-refractivity contribution in [1.82, 2.24) is 30.0 Å². The fourth-order valence-corrected chi connectivity index (χ4v) is 5.37. The minimum atomic E-state index is -0.255. The van der Waals surface area contributed by atoms with Crippen LogP contribution in [0.25, 0.3) is 55.4 Å². The molecule has 0 atom stereocenters. The molecule has 1 fully saturated rings. The van der Waals surface area contributed by atoms with Gasteiger partial charge in [-0.05, 0) is 79.0 Å². The highest BCUT2D eigenvalue weighted by Gasteiger charge is 2.16. The average Bonchev–Trinajstić information content (AvgIpc) is 3.68. The lowest BCUT2D eigenvalue weighted by Gasteiger charge is -2.14. The number of rotatable bonds is 5. The van der Waals surface area contributed by atoms with Crippen LogP contribution in [0.4, 0.5) is 4.39 Å². The first-order valence-electron chi connectivity index (χ1n) is 12.6. The number of aromatic nitrogens is 5. The van der Waals surface area contributed by atoms with Crippen LogP contribution in [-0.4, -0.2) is 43.1 Å². The standard InChI is InChI=1S/C30H25FN6/c31-23-6-3-20(4-7-23)26-16-33-17-29-24(26)13-28(34-29)30-25-12-21(5-8-27(25)35-36-30)22-11-19(14-32-15-22)18-37-9-1-2-10-37/h3-8,11-17,34H,1-2,9-10,18H2,(H,35,36). The van der Waals surface area contributed by atoms with Crippen molar-refractivity contribution < 1.29 is 4.39 Å². The minimum absolute atomic E-state index is 0.255. The molecule has 0 bridgehead atoms. The second-order valence-electron chi connectivity index (χ2n) is 9.74. The number of halogens is 1. The van der Waals surface area contributed by atoms with Gasteiger partial charge in [-0.2, -0.15) is 5.10 Å². The van der Waals surface area contributed by atoms with Crippen molar-refractivity contribution in [2.45, 2.75) is 19.4 Å². The molecule has 0 saturated carbocycles. The Hall–Kier alpha value is -4.36. The first-order valence-corrected chi connectivity index (χ1v) is 12.6. The number of fused-ring (bicyclic) bond motifs is 2. The predicted molar refractivity (Wildman–Crippen MR) is 144 cm³/mol. The van der Waals surface area contributed by atoms with Crippen molar-refractivity contribution in [1.29, 1.82) is 0 Å². The summed E-state index contributed by atoms with van der Waals surface area (Å²) in [6.07, 6.45) is 10.1. The van der Waals surface area contributed by atoms with Crippen LogP contribution in [0.5, 0.6) is 0 Å². The van der Waals surface area contributed by atoms with Crippen LogP contribution >= 0.6 is 0 Å². The minimum Gasteiger partial charge on any atom is -0.352 e. The number of likely N-dealkylation sites (tertiary alicyclic amines) is 1. The Morgan fingerprint density at radius 2 is 1.57 bits per heavy atom. The SMILES string of the molecule is Fc1ccc(-c2cncc3[nH]c(-c4n[nH]c5ccc(-c6cncc(CN7CCCC7)c6)cc45)cc23)cc1. The molecule has 182 valence electrons. The molecule has 2 N–H and O–H groups in total. The Bertz CT molecular complexity index is 1730. The molecule has 6 aromatic rings. The molecule has 0 spiro atoms. The van der Waals surface area contributed by atoms with Crippen molar-refractivity contribution in [3.8, 4) is 33.6 Å². The molecular weight excluding hydrogens is 463 g/mol. The average molecular weight is 489 g/mol. The number of nitrogens with zero attached hydrogens (tertiary/aromatic N) is 4. The summed E-state index contributed by atoms with van der Waals surface area (Å²) < 4.78 is 13.5. The number of nitrogens with one attached hydrogen (secondary N) is 2. The maximum atomic E-state index is 13.5. The molecule has 6 nitrogen and oxygen atoms in total. The van der Waals surface area contributed by atoms with E-state index in [1.54, 1.807) is 12.1 Å². The van der Waals surface area contributed by atoms with Crippen molar-refractivity contribution >= 4 is 21.8 Å². The van der Waals surface area contributed by atoms with Crippen molar-refractivity contribution in [3.05, 3.63) is 90.8 Å². The number of pyridine rings is 2. The first-order chi connectivity index (χ1) is 18.2. The van der Waals surface area contributed by atoms with Gasteiger partial charge in [-0.3, -0.25) is 20.0 Å². The predicted octanol–water partition coefficient (Wildman–Crippen LogP) is 6.57. The highest BCUT2D eigenvalue weighted by Crippen LogP contribution is 2.35. The summed E-state index contributed by atoms with van der Waals surface area (Å²) in [6.45, 7) is 3.27. The summed E-state index contributed by atoms with van der Waals surface area (Å²) >= 11 is 0. The summed E-state index contributed by atoms with van der Waals surface area (Å²) in [5.41, 5.74) is 8.93. The molecular formula is C30H25FN6. The number of aromatic amines is 2. The van der Waals surface area contributed by atoms with E-state index in [9.17, 15) is 4.39 Å². The highest BCUT2D eigenvalue weighted by atomic mass is 19.1. The molecule has 4 aromatic heterocycles. The second kappa shape index (κ2) is 8.94. The van der Waals surface area contributed by atoms with Crippen LogP contribution in [0.1, 0.15) is 18.4 Å². The quantitative estimate of drug-likeness (QED) is 0.288. The monoisotopic (exact) mass is 488 g/mol. The van der Waals surface area contributed by atoms with E-state index in [1.165, 1.54) is 30.5 Å². The van der Waals surface area contributed by atoms with E-state index in [4.69, 9.17) is 0 Å². The number of hydrogen-bond donors (Lipinski definition) is 2. The van der Waals surface area contributed by atoms with Crippen LogP contribution in [0.15, 0.2) is 79.4 Å². The van der Waals surface area contributed by atoms with Crippen molar-refractivity contribution in [2.24, 2.45) is 0 Å². The summed E-state index contributed by atoms with van der Waals surface area (Å²) in [6, 6.07) is 17.2. The second-order valence-corrected chi connectivity index (χ2v) is 9.74. The normalized spacial score (nSPS) is 14.2. The van der Waals surface area contributed by atoms with Crippen LogP contribution in [0, 0.1) is 5.82 Å². The molecule has 2 aromatic carbocycles. The first kappa shape index (κ1) is 21.9. The lowest BCUT2D eigenvalue weighted by molar-refractivity contribution is 0.331. The summed E-state index contributed by atoms with van der Waals surface area (Å²) in [5.74, 6) is -0.255. The zero-order valence-corrected chi connectivity index (χ0v) is 20.2. The lowest BCUT2D eigenvalue weighted by Crippen LogP contribution is -2.18. The third kappa shape index (κ3) is 4.07. The number of H-pyrrole nitrogens is 2. The third-order valence-electron chi connectivity index (χ3n) is 7.25. The van der Waals surface area contributed by atoms with Gasteiger partial charge in [-0.25, -0.2) is 4.39 Å². The van der Waals surface area contributed by atoms with E-state index in [0.717, 1.165) is 75.1 Å². The molecule has 37 heavy (non-hydrogen) atoms. The summed E-state index contributed by atoms with van der Waals surface area (Å²) in [4.78, 5) is 14.9. The Labute approximate surface area is 213 Å². The molecule has 7 rings (SSSR count). The molecule has 0 unspecified atom stereocenters. The topological polar surface area (TPSA) is 73.5 Å². The maximum Gasteiger partial charge on any atom is 0.123 e. The Morgan fingerprint density at radius 1 is 0.757 bits per heavy atom. The van der Waals surface area contributed by atoms with Crippen molar-refractivity contribution in [2.75, 3.05) is 13.1 Å². The van der Waals surface area contributed by atoms with Gasteiger partial charge in [0, 0.05) is 47.0 Å². The molecule has 1 aliphatic rings. The Balaban J connectivity index is 1.27. The van der Waals surface area contributed by atoms with E-state index in [-0.39, 0.29) is 5.82 Å². The van der Waals surface area contributed by atoms with Gasteiger partial charge in [-0.15, -0.1) is 0 Å². The van der Waals surface area contributed by atoms with Gasteiger partial charge in [0.25, 0.3) is 0 Å². The van der Waals surface area contributed by atoms with Gasteiger partial charge >= 0.3 is 0 Å². The van der Waals surface area contributed by atoms with Gasteiger partial charge in [0.2, 0.25) is 0 Å². The van der Waals surface area contributed by atoms with E-state index in [2.05, 4.69) is 60.4 Å². The van der Waals surface area contributed by atoms with E-state index in [1.807, 2.05) is 24.8 Å². The van der Waals surface area contributed by atoms with Crippen LogP contribution in [0.2, 0.25) is 0 Å². The molecule has 0 amide bonds. The Morgan fingerprint density at radius 3 is 2.43 bits per heavy atom. The zero-order chi connectivity index (χ0) is 24.8. The number of benzene rings is 2. The molecule has 5 heterocycles. The maximum absolute atomic E-state index is 13.5. The fourth-order valence-electron chi connectivity index (χ4n) is 5.37. The van der Waals surface area contributed by atoms with Gasteiger partial charge < -0.3 is 4.98 Å².